The van der Waals surface area contributed by atoms with Gasteiger partial charge in [0.05, 0.1) is 11.4 Å². The highest BCUT2D eigenvalue weighted by Crippen LogP contribution is 2.24. The van der Waals surface area contributed by atoms with Crippen molar-refractivity contribution in [3.8, 4) is 0 Å². The van der Waals surface area contributed by atoms with Crippen LogP contribution in [0.5, 0.6) is 0 Å². The molecule has 0 atom stereocenters. The van der Waals surface area contributed by atoms with Crippen LogP contribution in [0.15, 0.2) is 100 Å². The summed E-state index contributed by atoms with van der Waals surface area (Å²) < 4.78 is 0.847. The molecule has 0 fully saturated rings. The summed E-state index contributed by atoms with van der Waals surface area (Å²) in [6.45, 7) is 0. The number of para-hydroxylation sites is 1. The predicted octanol–water partition coefficient (Wildman–Crippen LogP) is 6.59. The van der Waals surface area contributed by atoms with Crippen LogP contribution >= 0.6 is 27.7 Å². The molecule has 154 valence electrons. The van der Waals surface area contributed by atoms with Crippen LogP contribution < -0.4 is 10.6 Å². The normalized spacial score (nSPS) is 10.6. The van der Waals surface area contributed by atoms with Crippen molar-refractivity contribution in [1.29, 1.82) is 0 Å². The zero-order valence-electron chi connectivity index (χ0n) is 16.5. The van der Waals surface area contributed by atoms with Crippen LogP contribution in [0.25, 0.3) is 10.8 Å². The van der Waals surface area contributed by atoms with Crippen molar-refractivity contribution in [2.45, 2.75) is 4.90 Å². The van der Waals surface area contributed by atoms with Crippen molar-refractivity contribution >= 4 is 61.7 Å². The van der Waals surface area contributed by atoms with Gasteiger partial charge in [-0.25, -0.2) is 0 Å². The minimum absolute atomic E-state index is 0.0782. The Kier molecular flexibility index (Phi) is 6.70. The van der Waals surface area contributed by atoms with Gasteiger partial charge in [-0.1, -0.05) is 42.5 Å². The van der Waals surface area contributed by atoms with Crippen LogP contribution in [0.4, 0.5) is 11.4 Å². The fourth-order valence-corrected chi connectivity index (χ4v) is 4.15. The van der Waals surface area contributed by atoms with Crippen LogP contribution in [-0.4, -0.2) is 17.6 Å². The van der Waals surface area contributed by atoms with Crippen molar-refractivity contribution in [3.05, 3.63) is 101 Å². The fraction of sp³-hybridized carbons (Fsp3) is 0.0400. The number of amides is 2. The Balaban J connectivity index is 1.32. The average Bonchev–Trinajstić information content (AvgIpc) is 2.80. The molecule has 2 amide bonds. The maximum atomic E-state index is 12.6. The van der Waals surface area contributed by atoms with Crippen molar-refractivity contribution in [3.63, 3.8) is 0 Å². The lowest BCUT2D eigenvalue weighted by Crippen LogP contribution is -2.14. The van der Waals surface area contributed by atoms with Crippen LogP contribution in [0.1, 0.15) is 10.4 Å². The van der Waals surface area contributed by atoms with E-state index in [2.05, 4.69) is 26.6 Å². The first-order valence-corrected chi connectivity index (χ1v) is 11.4. The molecular weight excluding hydrogens is 472 g/mol. The molecule has 0 aromatic heterocycles. The van der Waals surface area contributed by atoms with Gasteiger partial charge in [0.15, 0.2) is 0 Å². The summed E-state index contributed by atoms with van der Waals surface area (Å²) in [6, 6.07) is 28.6. The number of thioether (sulfide) groups is 1. The molecule has 0 saturated carbocycles. The number of halogens is 1. The fourth-order valence-electron chi connectivity index (χ4n) is 3.07. The van der Waals surface area contributed by atoms with Crippen LogP contribution in [-0.2, 0) is 4.79 Å². The number of hydrogen-bond acceptors (Lipinski definition) is 3. The monoisotopic (exact) mass is 490 g/mol. The lowest BCUT2D eigenvalue weighted by molar-refractivity contribution is -0.113. The quantitative estimate of drug-likeness (QED) is 0.300. The smallest absolute Gasteiger partial charge is 0.255 e. The maximum absolute atomic E-state index is 12.6. The van der Waals surface area contributed by atoms with E-state index < -0.39 is 0 Å². The molecule has 2 N–H and O–H groups in total. The van der Waals surface area contributed by atoms with E-state index in [1.807, 2.05) is 91.0 Å². The summed E-state index contributed by atoms with van der Waals surface area (Å²) in [4.78, 5) is 25.7. The van der Waals surface area contributed by atoms with Crippen molar-refractivity contribution in [1.82, 2.24) is 0 Å². The number of carbonyl (C=O) groups is 2. The molecule has 0 unspecified atom stereocenters. The van der Waals surface area contributed by atoms with Gasteiger partial charge in [0.2, 0.25) is 5.91 Å². The highest BCUT2D eigenvalue weighted by Gasteiger charge is 2.09. The summed E-state index contributed by atoms with van der Waals surface area (Å²) >= 11 is 4.86. The number of rotatable bonds is 6. The van der Waals surface area contributed by atoms with Crippen LogP contribution in [0.3, 0.4) is 0 Å². The Morgan fingerprint density at radius 2 is 1.48 bits per heavy atom. The molecule has 0 heterocycles. The lowest BCUT2D eigenvalue weighted by atomic mass is 10.1. The number of carbonyl (C=O) groups excluding carboxylic acids is 2. The van der Waals surface area contributed by atoms with Gasteiger partial charge in [-0.2, -0.15) is 0 Å². The summed E-state index contributed by atoms with van der Waals surface area (Å²) in [5, 5.41) is 7.94. The molecule has 31 heavy (non-hydrogen) atoms. The second-order valence-electron chi connectivity index (χ2n) is 6.86. The average molecular weight is 491 g/mol. The number of hydrogen-bond donors (Lipinski definition) is 2. The standard InChI is InChI=1S/C25H19BrN2O2S/c26-22-7-3-4-8-23(22)28-24(29)16-31-21-13-11-20(12-14-21)27-25(30)19-10-9-17-5-1-2-6-18(17)15-19/h1-15H,16H2,(H,27,30)(H,28,29). The topological polar surface area (TPSA) is 58.2 Å². The molecular formula is C25H19BrN2O2S. The van der Waals surface area contributed by atoms with E-state index in [0.29, 0.717) is 17.0 Å². The van der Waals surface area contributed by atoms with E-state index in [4.69, 9.17) is 0 Å². The van der Waals surface area contributed by atoms with Crippen molar-refractivity contribution < 1.29 is 9.59 Å². The third kappa shape index (κ3) is 5.54. The summed E-state index contributed by atoms with van der Waals surface area (Å²) in [6.07, 6.45) is 0. The second kappa shape index (κ2) is 9.81. The van der Waals surface area contributed by atoms with Crippen LogP contribution in [0, 0.1) is 0 Å². The number of benzene rings is 4. The molecule has 4 aromatic rings. The Morgan fingerprint density at radius 3 is 2.26 bits per heavy atom. The highest BCUT2D eigenvalue weighted by atomic mass is 79.9. The van der Waals surface area contributed by atoms with Gasteiger partial charge in [0.25, 0.3) is 5.91 Å². The molecule has 0 aliphatic rings. The molecule has 0 radical (unpaired) electrons. The Morgan fingerprint density at radius 1 is 0.774 bits per heavy atom. The van der Waals surface area contributed by atoms with Crippen molar-refractivity contribution in [2.75, 3.05) is 16.4 Å². The largest absolute Gasteiger partial charge is 0.324 e. The van der Waals surface area contributed by atoms with E-state index in [-0.39, 0.29) is 11.8 Å². The SMILES string of the molecule is O=C(CSc1ccc(NC(=O)c2ccc3ccccc3c2)cc1)Nc1ccccc1Br. The Hall–Kier alpha value is -3.09. The molecule has 4 rings (SSSR count). The molecule has 0 saturated heterocycles. The first-order chi connectivity index (χ1) is 15.1. The molecule has 0 aliphatic heterocycles. The minimum atomic E-state index is -0.154. The molecule has 4 aromatic carbocycles. The van der Waals surface area contributed by atoms with Gasteiger partial charge < -0.3 is 10.6 Å². The van der Waals surface area contributed by atoms with Gasteiger partial charge in [-0.05, 0) is 75.2 Å². The van der Waals surface area contributed by atoms with Crippen LogP contribution in [0.2, 0.25) is 0 Å². The Bertz CT molecular complexity index is 1240. The summed E-state index contributed by atoms with van der Waals surface area (Å²) in [7, 11) is 0. The molecule has 0 spiro atoms. The number of nitrogens with one attached hydrogen (secondary N) is 2. The van der Waals surface area contributed by atoms with Gasteiger partial charge in [-0.3, -0.25) is 9.59 Å². The van der Waals surface area contributed by atoms with Gasteiger partial charge in [0.1, 0.15) is 0 Å². The first-order valence-electron chi connectivity index (χ1n) is 9.66. The zero-order chi connectivity index (χ0) is 21.6. The van der Waals surface area contributed by atoms with Gasteiger partial charge in [-0.15, -0.1) is 11.8 Å². The summed E-state index contributed by atoms with van der Waals surface area (Å²) in [5.74, 6) is 0.0639. The van der Waals surface area contributed by atoms with Crippen molar-refractivity contribution in [2.24, 2.45) is 0 Å². The van der Waals surface area contributed by atoms with E-state index in [1.165, 1.54) is 11.8 Å². The van der Waals surface area contributed by atoms with E-state index in [9.17, 15) is 9.59 Å². The third-order valence-electron chi connectivity index (χ3n) is 4.64. The van der Waals surface area contributed by atoms with Gasteiger partial charge in [0, 0.05) is 20.6 Å². The van der Waals surface area contributed by atoms with E-state index in [1.54, 1.807) is 0 Å². The van der Waals surface area contributed by atoms with E-state index in [0.717, 1.165) is 25.8 Å². The number of anilines is 2. The van der Waals surface area contributed by atoms with E-state index >= 15 is 0 Å². The predicted molar refractivity (Wildman–Crippen MR) is 132 cm³/mol. The molecule has 4 nitrogen and oxygen atoms in total. The van der Waals surface area contributed by atoms with Gasteiger partial charge >= 0.3 is 0 Å². The highest BCUT2D eigenvalue weighted by molar-refractivity contribution is 9.10. The second-order valence-corrected chi connectivity index (χ2v) is 8.76. The lowest BCUT2D eigenvalue weighted by Gasteiger charge is -2.09. The molecule has 6 heteroatoms. The third-order valence-corrected chi connectivity index (χ3v) is 6.35. The molecule has 0 bridgehead atoms. The maximum Gasteiger partial charge on any atom is 0.255 e. The molecule has 0 aliphatic carbocycles. The first kappa shape index (κ1) is 21.2. The zero-order valence-corrected chi connectivity index (χ0v) is 18.9. The summed E-state index contributed by atoms with van der Waals surface area (Å²) in [5.41, 5.74) is 2.07. The number of fused-ring (bicyclic) bond motifs is 1. The Labute approximate surface area is 193 Å². The minimum Gasteiger partial charge on any atom is -0.324 e.